The summed E-state index contributed by atoms with van der Waals surface area (Å²) in [6, 6.07) is 6.77. The Bertz CT molecular complexity index is 374. The topological polar surface area (TPSA) is 26.0 Å². The van der Waals surface area contributed by atoms with Gasteiger partial charge in [-0.05, 0) is 54.9 Å². The van der Waals surface area contributed by atoms with Crippen molar-refractivity contribution >= 4 is 15.9 Å². The Kier molecular flexibility index (Phi) is 4.85. The van der Waals surface area contributed by atoms with Crippen molar-refractivity contribution in [1.82, 2.24) is 0 Å². The number of aryl methyl sites for hydroxylation is 1. The van der Waals surface area contributed by atoms with Gasteiger partial charge in [-0.3, -0.25) is 0 Å². The molecule has 1 aliphatic rings. The van der Waals surface area contributed by atoms with Gasteiger partial charge in [0.05, 0.1) is 0 Å². The van der Waals surface area contributed by atoms with Gasteiger partial charge in [-0.2, -0.15) is 0 Å². The molecule has 1 saturated carbocycles. The SMILES string of the molecule is CCC1CCC(C(N)c2cc(C)cc(Br)c2)CC1. The quantitative estimate of drug-likeness (QED) is 0.837. The zero-order valence-corrected chi connectivity index (χ0v) is 13.0. The molecule has 1 unspecified atom stereocenters. The normalized spacial score (nSPS) is 26.0. The predicted molar refractivity (Wildman–Crippen MR) is 81.5 cm³/mol. The summed E-state index contributed by atoms with van der Waals surface area (Å²) in [7, 11) is 0. The fourth-order valence-corrected chi connectivity index (χ4v) is 3.81. The largest absolute Gasteiger partial charge is 0.324 e. The van der Waals surface area contributed by atoms with Gasteiger partial charge >= 0.3 is 0 Å². The lowest BCUT2D eigenvalue weighted by Crippen LogP contribution is -2.26. The molecular formula is C16H24BrN. The van der Waals surface area contributed by atoms with Crippen molar-refractivity contribution in [3.63, 3.8) is 0 Å². The number of benzene rings is 1. The van der Waals surface area contributed by atoms with Gasteiger partial charge < -0.3 is 5.73 Å². The first-order chi connectivity index (χ1) is 8.60. The van der Waals surface area contributed by atoms with Crippen LogP contribution in [-0.4, -0.2) is 0 Å². The summed E-state index contributed by atoms with van der Waals surface area (Å²) in [4.78, 5) is 0. The third-order valence-corrected chi connectivity index (χ3v) is 4.88. The fraction of sp³-hybridized carbons (Fsp3) is 0.625. The molecule has 100 valence electrons. The van der Waals surface area contributed by atoms with Crippen LogP contribution in [0.1, 0.15) is 56.2 Å². The van der Waals surface area contributed by atoms with Crippen molar-refractivity contribution in [2.45, 2.75) is 52.0 Å². The van der Waals surface area contributed by atoms with Crippen LogP contribution in [0.3, 0.4) is 0 Å². The van der Waals surface area contributed by atoms with Gasteiger partial charge in [0.1, 0.15) is 0 Å². The lowest BCUT2D eigenvalue weighted by atomic mass is 9.76. The highest BCUT2D eigenvalue weighted by Gasteiger charge is 2.25. The van der Waals surface area contributed by atoms with E-state index in [-0.39, 0.29) is 6.04 Å². The van der Waals surface area contributed by atoms with Crippen molar-refractivity contribution in [3.8, 4) is 0 Å². The van der Waals surface area contributed by atoms with Crippen LogP contribution >= 0.6 is 15.9 Å². The molecule has 1 nitrogen and oxygen atoms in total. The third kappa shape index (κ3) is 3.36. The molecule has 0 amide bonds. The summed E-state index contributed by atoms with van der Waals surface area (Å²) in [5.41, 5.74) is 9.06. The number of nitrogens with two attached hydrogens (primary N) is 1. The van der Waals surface area contributed by atoms with Crippen molar-refractivity contribution in [2.24, 2.45) is 17.6 Å². The molecule has 18 heavy (non-hydrogen) atoms. The average Bonchev–Trinajstić information content (AvgIpc) is 2.37. The van der Waals surface area contributed by atoms with Gasteiger partial charge in [0.25, 0.3) is 0 Å². The summed E-state index contributed by atoms with van der Waals surface area (Å²) < 4.78 is 1.15. The molecule has 2 N–H and O–H groups in total. The molecule has 0 spiro atoms. The summed E-state index contributed by atoms with van der Waals surface area (Å²) in [6.45, 7) is 4.44. The van der Waals surface area contributed by atoms with Crippen LogP contribution in [0.2, 0.25) is 0 Å². The molecule has 0 saturated heterocycles. The summed E-state index contributed by atoms with van der Waals surface area (Å²) in [5, 5.41) is 0. The van der Waals surface area contributed by atoms with E-state index in [1.807, 2.05) is 0 Å². The van der Waals surface area contributed by atoms with Gasteiger partial charge in [0.2, 0.25) is 0 Å². The number of rotatable bonds is 3. The second-order valence-electron chi connectivity index (χ2n) is 5.78. The zero-order valence-electron chi connectivity index (χ0n) is 11.5. The molecule has 1 aromatic carbocycles. The Labute approximate surface area is 119 Å². The highest BCUT2D eigenvalue weighted by molar-refractivity contribution is 9.10. The van der Waals surface area contributed by atoms with Gasteiger partial charge in [0.15, 0.2) is 0 Å². The predicted octanol–water partition coefficient (Wildman–Crippen LogP) is 4.97. The third-order valence-electron chi connectivity index (χ3n) is 4.43. The maximum atomic E-state index is 6.47. The lowest BCUT2D eigenvalue weighted by molar-refractivity contribution is 0.240. The Balaban J connectivity index is 2.05. The first-order valence-electron chi connectivity index (χ1n) is 7.12. The van der Waals surface area contributed by atoms with Crippen LogP contribution in [0, 0.1) is 18.8 Å². The summed E-state index contributed by atoms with van der Waals surface area (Å²) >= 11 is 3.57. The monoisotopic (exact) mass is 309 g/mol. The molecule has 0 heterocycles. The minimum absolute atomic E-state index is 0.207. The van der Waals surface area contributed by atoms with Crippen LogP contribution < -0.4 is 5.73 Å². The van der Waals surface area contributed by atoms with Crippen LogP contribution in [-0.2, 0) is 0 Å². The van der Waals surface area contributed by atoms with Crippen molar-refractivity contribution in [3.05, 3.63) is 33.8 Å². The van der Waals surface area contributed by atoms with Crippen molar-refractivity contribution in [2.75, 3.05) is 0 Å². The second-order valence-corrected chi connectivity index (χ2v) is 6.69. The number of hydrogen-bond acceptors (Lipinski definition) is 1. The van der Waals surface area contributed by atoms with E-state index in [1.165, 1.54) is 43.2 Å². The highest BCUT2D eigenvalue weighted by atomic mass is 79.9. The van der Waals surface area contributed by atoms with Gasteiger partial charge in [-0.15, -0.1) is 0 Å². The summed E-state index contributed by atoms with van der Waals surface area (Å²) in [6.07, 6.45) is 6.65. The molecule has 1 aromatic rings. The van der Waals surface area contributed by atoms with E-state index in [0.29, 0.717) is 5.92 Å². The van der Waals surface area contributed by atoms with Crippen LogP contribution in [0.15, 0.2) is 22.7 Å². The van der Waals surface area contributed by atoms with Crippen molar-refractivity contribution < 1.29 is 0 Å². The van der Waals surface area contributed by atoms with Crippen LogP contribution in [0.25, 0.3) is 0 Å². The second kappa shape index (κ2) is 6.21. The van der Waals surface area contributed by atoms with E-state index in [1.54, 1.807) is 0 Å². The molecular weight excluding hydrogens is 286 g/mol. The molecule has 1 atom stereocenters. The standard InChI is InChI=1S/C16H24BrN/c1-3-12-4-6-13(7-5-12)16(18)14-8-11(2)9-15(17)10-14/h8-10,12-13,16H,3-7,18H2,1-2H3. The van der Waals surface area contributed by atoms with E-state index in [4.69, 9.17) is 5.73 Å². The Hall–Kier alpha value is -0.340. The smallest absolute Gasteiger partial charge is 0.0324 e. The first-order valence-corrected chi connectivity index (χ1v) is 7.92. The van der Waals surface area contributed by atoms with E-state index in [2.05, 4.69) is 48.0 Å². The number of hydrogen-bond donors (Lipinski definition) is 1. The molecule has 0 aliphatic heterocycles. The molecule has 0 bridgehead atoms. The molecule has 1 aliphatic carbocycles. The van der Waals surface area contributed by atoms with Gasteiger partial charge in [-0.25, -0.2) is 0 Å². The minimum atomic E-state index is 0.207. The minimum Gasteiger partial charge on any atom is -0.324 e. The first kappa shape index (κ1) is 14.1. The fourth-order valence-electron chi connectivity index (χ4n) is 3.18. The lowest BCUT2D eigenvalue weighted by Gasteiger charge is -2.32. The Morgan fingerprint density at radius 2 is 1.89 bits per heavy atom. The molecule has 1 fully saturated rings. The Morgan fingerprint density at radius 3 is 2.44 bits per heavy atom. The van der Waals surface area contributed by atoms with Gasteiger partial charge in [0, 0.05) is 10.5 Å². The van der Waals surface area contributed by atoms with E-state index >= 15 is 0 Å². The maximum Gasteiger partial charge on any atom is 0.0324 e. The Morgan fingerprint density at radius 1 is 1.22 bits per heavy atom. The number of halogens is 1. The molecule has 0 aromatic heterocycles. The van der Waals surface area contributed by atoms with E-state index in [0.717, 1.165) is 10.4 Å². The maximum absolute atomic E-state index is 6.47. The zero-order chi connectivity index (χ0) is 13.1. The van der Waals surface area contributed by atoms with Crippen LogP contribution in [0.5, 0.6) is 0 Å². The van der Waals surface area contributed by atoms with E-state index < -0.39 is 0 Å². The highest BCUT2D eigenvalue weighted by Crippen LogP contribution is 2.37. The molecule has 2 rings (SSSR count). The summed E-state index contributed by atoms with van der Waals surface area (Å²) in [5.74, 6) is 1.61. The van der Waals surface area contributed by atoms with Crippen molar-refractivity contribution in [1.29, 1.82) is 0 Å². The molecule has 2 heteroatoms. The van der Waals surface area contributed by atoms with E-state index in [9.17, 15) is 0 Å². The van der Waals surface area contributed by atoms with Gasteiger partial charge in [-0.1, -0.05) is 48.2 Å². The molecule has 0 radical (unpaired) electrons. The average molecular weight is 310 g/mol. The van der Waals surface area contributed by atoms with Crippen LogP contribution in [0.4, 0.5) is 0 Å².